The van der Waals surface area contributed by atoms with E-state index in [9.17, 15) is 14.4 Å². The van der Waals surface area contributed by atoms with Gasteiger partial charge in [0.25, 0.3) is 17.4 Å². The van der Waals surface area contributed by atoms with Crippen molar-refractivity contribution in [1.82, 2.24) is 14.9 Å². The molecular weight excluding hydrogens is 320 g/mol. The summed E-state index contributed by atoms with van der Waals surface area (Å²) in [5.74, 6) is -1.30. The van der Waals surface area contributed by atoms with Gasteiger partial charge < -0.3 is 5.73 Å². The molecular formula is C18H12N4O3. The molecule has 1 aliphatic rings. The molecule has 0 bridgehead atoms. The van der Waals surface area contributed by atoms with Gasteiger partial charge in [-0.15, -0.1) is 0 Å². The van der Waals surface area contributed by atoms with Crippen LogP contribution in [0.3, 0.4) is 0 Å². The molecule has 0 radical (unpaired) electrons. The fourth-order valence-corrected chi connectivity index (χ4v) is 2.94. The van der Waals surface area contributed by atoms with Crippen molar-refractivity contribution in [2.45, 2.75) is 0 Å². The Morgan fingerprint density at radius 3 is 2.44 bits per heavy atom. The van der Waals surface area contributed by atoms with Gasteiger partial charge in [0.2, 0.25) is 0 Å². The Kier molecular flexibility index (Phi) is 3.21. The fraction of sp³-hybridized carbons (Fsp3) is 0. The highest BCUT2D eigenvalue weighted by molar-refractivity contribution is 6.23. The lowest BCUT2D eigenvalue weighted by atomic mass is 10.1. The van der Waals surface area contributed by atoms with E-state index in [1.807, 2.05) is 24.3 Å². The van der Waals surface area contributed by atoms with Crippen molar-refractivity contribution in [2.24, 2.45) is 0 Å². The number of amides is 2. The standard InChI is InChI=1S/C18H12N4O3/c19-16-15-11(17(24)21-18(15)25)9-14(23)22(16)13-7-2-1-5-10(13)12-6-3-4-8-20-12/h1-9H,19H2,(H,21,24,25). The van der Waals surface area contributed by atoms with E-state index in [0.29, 0.717) is 16.9 Å². The topological polar surface area (TPSA) is 107 Å². The molecule has 1 aromatic carbocycles. The zero-order chi connectivity index (χ0) is 17.6. The molecule has 0 spiro atoms. The first-order valence-electron chi connectivity index (χ1n) is 7.50. The predicted octanol–water partition coefficient (Wildman–Crippen LogP) is 1.37. The van der Waals surface area contributed by atoms with Crippen LogP contribution in [0, 0.1) is 0 Å². The van der Waals surface area contributed by atoms with E-state index < -0.39 is 17.4 Å². The summed E-state index contributed by atoms with van der Waals surface area (Å²) in [6.45, 7) is 0. The van der Waals surface area contributed by atoms with Gasteiger partial charge in [-0.3, -0.25) is 29.3 Å². The van der Waals surface area contributed by atoms with Crippen LogP contribution in [-0.4, -0.2) is 21.4 Å². The van der Waals surface area contributed by atoms with E-state index in [0.717, 1.165) is 6.07 Å². The smallest absolute Gasteiger partial charge is 0.262 e. The number of para-hydroxylation sites is 1. The highest BCUT2D eigenvalue weighted by Crippen LogP contribution is 2.28. The Labute approximate surface area is 141 Å². The number of carbonyl (C=O) groups is 2. The number of hydrogen-bond acceptors (Lipinski definition) is 5. The van der Waals surface area contributed by atoms with Crippen LogP contribution in [0.15, 0.2) is 59.5 Å². The van der Waals surface area contributed by atoms with E-state index in [4.69, 9.17) is 5.73 Å². The van der Waals surface area contributed by atoms with E-state index >= 15 is 0 Å². The molecule has 7 nitrogen and oxygen atoms in total. The molecule has 25 heavy (non-hydrogen) atoms. The summed E-state index contributed by atoms with van der Waals surface area (Å²) in [5, 5.41) is 2.15. The van der Waals surface area contributed by atoms with Crippen molar-refractivity contribution in [1.29, 1.82) is 0 Å². The number of aromatic nitrogens is 2. The lowest BCUT2D eigenvalue weighted by Crippen LogP contribution is -2.24. The molecule has 0 saturated heterocycles. The molecule has 0 aliphatic carbocycles. The predicted molar refractivity (Wildman–Crippen MR) is 91.5 cm³/mol. The Morgan fingerprint density at radius 1 is 0.920 bits per heavy atom. The van der Waals surface area contributed by atoms with E-state index in [1.165, 1.54) is 4.57 Å². The summed E-state index contributed by atoms with van der Waals surface area (Å²) in [7, 11) is 0. The summed E-state index contributed by atoms with van der Waals surface area (Å²) in [6, 6.07) is 13.7. The van der Waals surface area contributed by atoms with Crippen molar-refractivity contribution < 1.29 is 9.59 Å². The average Bonchev–Trinajstić information content (AvgIpc) is 2.90. The molecule has 3 N–H and O–H groups in total. The van der Waals surface area contributed by atoms with Crippen molar-refractivity contribution in [3.8, 4) is 16.9 Å². The number of hydrogen-bond donors (Lipinski definition) is 2. The molecule has 0 atom stereocenters. The minimum Gasteiger partial charge on any atom is -0.384 e. The molecule has 7 heteroatoms. The Bertz CT molecular complexity index is 1090. The van der Waals surface area contributed by atoms with Crippen LogP contribution in [0.2, 0.25) is 0 Å². The maximum absolute atomic E-state index is 12.6. The summed E-state index contributed by atoms with van der Waals surface area (Å²) in [4.78, 5) is 40.7. The Hall–Kier alpha value is -3.74. The van der Waals surface area contributed by atoms with Crippen LogP contribution in [0.25, 0.3) is 16.9 Å². The lowest BCUT2D eigenvalue weighted by Gasteiger charge is -2.15. The van der Waals surface area contributed by atoms with Gasteiger partial charge in [-0.05, 0) is 18.2 Å². The largest absolute Gasteiger partial charge is 0.384 e. The van der Waals surface area contributed by atoms with Gasteiger partial charge in [-0.25, -0.2) is 0 Å². The first-order valence-corrected chi connectivity index (χ1v) is 7.50. The number of nitrogens with one attached hydrogen (secondary N) is 1. The number of pyridine rings is 2. The molecule has 2 aromatic heterocycles. The number of fused-ring (bicyclic) bond motifs is 1. The van der Waals surface area contributed by atoms with Gasteiger partial charge in [0.1, 0.15) is 5.82 Å². The van der Waals surface area contributed by atoms with Crippen molar-refractivity contribution in [3.63, 3.8) is 0 Å². The second-order valence-corrected chi connectivity index (χ2v) is 5.51. The lowest BCUT2D eigenvalue weighted by molar-refractivity contribution is 0.0880. The highest BCUT2D eigenvalue weighted by Gasteiger charge is 2.32. The van der Waals surface area contributed by atoms with Crippen LogP contribution in [0.5, 0.6) is 0 Å². The third-order valence-electron chi connectivity index (χ3n) is 4.04. The quantitative estimate of drug-likeness (QED) is 0.689. The van der Waals surface area contributed by atoms with Crippen molar-refractivity contribution in [3.05, 3.63) is 76.2 Å². The number of imide groups is 1. The fourth-order valence-electron chi connectivity index (χ4n) is 2.94. The SMILES string of the molecule is Nc1c2c(cc(=O)n1-c1ccccc1-c1ccccn1)C(=O)NC2=O. The highest BCUT2D eigenvalue weighted by atomic mass is 16.2. The molecule has 3 aromatic rings. The molecule has 3 heterocycles. The van der Waals surface area contributed by atoms with Crippen molar-refractivity contribution in [2.75, 3.05) is 5.73 Å². The monoisotopic (exact) mass is 332 g/mol. The molecule has 4 rings (SSSR count). The van der Waals surface area contributed by atoms with Crippen LogP contribution < -0.4 is 16.6 Å². The van der Waals surface area contributed by atoms with E-state index in [2.05, 4.69) is 10.3 Å². The number of carbonyl (C=O) groups excluding carboxylic acids is 2. The van der Waals surface area contributed by atoms with Crippen LogP contribution in [0.1, 0.15) is 20.7 Å². The molecule has 0 saturated carbocycles. The first-order chi connectivity index (χ1) is 12.1. The Morgan fingerprint density at radius 2 is 1.68 bits per heavy atom. The van der Waals surface area contributed by atoms with Gasteiger partial charge >= 0.3 is 0 Å². The van der Waals surface area contributed by atoms with Gasteiger partial charge in [0.05, 0.1) is 22.5 Å². The third kappa shape index (κ3) is 2.21. The van der Waals surface area contributed by atoms with Crippen molar-refractivity contribution >= 4 is 17.6 Å². The molecule has 0 fully saturated rings. The number of benzene rings is 1. The van der Waals surface area contributed by atoms with Crippen LogP contribution >= 0.6 is 0 Å². The number of nitrogen functional groups attached to an aromatic ring is 1. The van der Waals surface area contributed by atoms with Crippen LogP contribution in [-0.2, 0) is 0 Å². The normalized spacial score (nSPS) is 12.8. The van der Waals surface area contributed by atoms with E-state index in [-0.39, 0.29) is 16.9 Å². The third-order valence-corrected chi connectivity index (χ3v) is 4.04. The zero-order valence-electron chi connectivity index (χ0n) is 12.9. The summed E-state index contributed by atoms with van der Waals surface area (Å²) >= 11 is 0. The molecule has 0 unspecified atom stereocenters. The van der Waals surface area contributed by atoms with Crippen LogP contribution in [0.4, 0.5) is 5.82 Å². The average molecular weight is 332 g/mol. The number of anilines is 1. The second kappa shape index (κ2) is 5.41. The number of rotatable bonds is 2. The summed E-state index contributed by atoms with van der Waals surface area (Å²) in [6.07, 6.45) is 1.65. The number of nitrogens with two attached hydrogens (primary N) is 1. The second-order valence-electron chi connectivity index (χ2n) is 5.51. The minimum absolute atomic E-state index is 0.000864. The minimum atomic E-state index is -0.617. The van der Waals surface area contributed by atoms with Gasteiger partial charge in [0.15, 0.2) is 0 Å². The van der Waals surface area contributed by atoms with Gasteiger partial charge in [-0.2, -0.15) is 0 Å². The first kappa shape index (κ1) is 14.8. The summed E-state index contributed by atoms with van der Waals surface area (Å²) in [5.41, 5.74) is 7.44. The maximum atomic E-state index is 12.6. The molecule has 2 amide bonds. The Balaban J connectivity index is 2.03. The number of nitrogens with zero attached hydrogens (tertiary/aromatic N) is 2. The van der Waals surface area contributed by atoms with E-state index in [1.54, 1.807) is 24.4 Å². The zero-order valence-corrected chi connectivity index (χ0v) is 12.9. The maximum Gasteiger partial charge on any atom is 0.262 e. The van der Waals surface area contributed by atoms with Gasteiger partial charge in [0, 0.05) is 17.8 Å². The summed E-state index contributed by atoms with van der Waals surface area (Å²) < 4.78 is 1.22. The molecule has 122 valence electrons. The van der Waals surface area contributed by atoms with Gasteiger partial charge in [-0.1, -0.05) is 24.3 Å². The molecule has 1 aliphatic heterocycles.